The highest BCUT2D eigenvalue weighted by molar-refractivity contribution is 6.33. The number of ether oxygens (including phenoxy) is 1. The van der Waals surface area contributed by atoms with Gasteiger partial charge in [-0.3, -0.25) is 4.79 Å². The normalized spacial score (nSPS) is 11.3. The lowest BCUT2D eigenvalue weighted by Crippen LogP contribution is -2.07. The van der Waals surface area contributed by atoms with E-state index in [1.54, 1.807) is 0 Å². The summed E-state index contributed by atoms with van der Waals surface area (Å²) >= 11 is 11.9. The van der Waals surface area contributed by atoms with Crippen molar-refractivity contribution in [1.82, 2.24) is 0 Å². The van der Waals surface area contributed by atoms with E-state index in [1.807, 2.05) is 0 Å². The zero-order valence-corrected chi connectivity index (χ0v) is 20.4. The summed E-state index contributed by atoms with van der Waals surface area (Å²) in [5.74, 6) is -2.00. The largest absolute Gasteiger partial charge is 0.426 e. The highest BCUT2D eigenvalue weighted by Crippen LogP contribution is 2.35. The van der Waals surface area contributed by atoms with Gasteiger partial charge in [-0.25, -0.2) is 8.78 Å². The number of unbranched alkanes of at least 4 members (excludes halogenated alkanes) is 9. The van der Waals surface area contributed by atoms with Gasteiger partial charge in [-0.1, -0.05) is 94.0 Å². The first kappa shape index (κ1) is 27.2. The third-order valence-electron chi connectivity index (χ3n) is 5.14. The Morgan fingerprint density at radius 1 is 0.818 bits per heavy atom. The van der Waals surface area contributed by atoms with Crippen LogP contribution in [0.4, 0.5) is 20.2 Å². The monoisotopic (exact) mass is 498 g/mol. The Labute approximate surface area is 204 Å². The van der Waals surface area contributed by atoms with Crippen molar-refractivity contribution in [3.05, 3.63) is 52.0 Å². The minimum Gasteiger partial charge on any atom is -0.426 e. The van der Waals surface area contributed by atoms with Crippen molar-refractivity contribution in [3.8, 4) is 5.75 Å². The zero-order chi connectivity index (χ0) is 24.1. The maximum absolute atomic E-state index is 14.4. The first-order valence-corrected chi connectivity index (χ1v) is 12.2. The molecule has 0 heterocycles. The molecule has 0 aromatic heterocycles. The standard InChI is InChI=1S/C25H30Cl2F2N2O2/c1-2-3-4-5-6-7-8-9-10-11-15-23(32)33-18-16-20(27)25(22(29)17-18)31-30-24-19(26)13-12-14-21(24)28/h12-14,16-17H,2-11,15H2,1H3/b31-30+. The lowest BCUT2D eigenvalue weighted by atomic mass is 10.1. The summed E-state index contributed by atoms with van der Waals surface area (Å²) in [6.07, 6.45) is 11.9. The molecule has 8 heteroatoms. The van der Waals surface area contributed by atoms with Crippen LogP contribution in [0.5, 0.6) is 5.75 Å². The molecule has 2 rings (SSSR count). The van der Waals surface area contributed by atoms with Crippen molar-refractivity contribution in [3.63, 3.8) is 0 Å². The number of hydrogen-bond donors (Lipinski definition) is 0. The molecule has 0 aliphatic heterocycles. The minimum atomic E-state index is -0.847. The molecule has 0 saturated heterocycles. The molecule has 4 nitrogen and oxygen atoms in total. The number of carbonyl (C=O) groups excluding carboxylic acids is 1. The quantitative estimate of drug-likeness (QED) is 0.112. The summed E-state index contributed by atoms with van der Waals surface area (Å²) < 4.78 is 33.4. The molecule has 180 valence electrons. The summed E-state index contributed by atoms with van der Waals surface area (Å²) in [4.78, 5) is 12.1. The van der Waals surface area contributed by atoms with Crippen molar-refractivity contribution in [1.29, 1.82) is 0 Å². The van der Waals surface area contributed by atoms with E-state index in [0.29, 0.717) is 0 Å². The van der Waals surface area contributed by atoms with Crippen LogP contribution in [0.25, 0.3) is 0 Å². The van der Waals surface area contributed by atoms with E-state index in [1.165, 1.54) is 63.1 Å². The molecule has 0 amide bonds. The molecule has 2 aromatic carbocycles. The average molecular weight is 499 g/mol. The van der Waals surface area contributed by atoms with Gasteiger partial charge in [0, 0.05) is 18.6 Å². The number of rotatable bonds is 14. The Kier molecular flexibility index (Phi) is 12.3. The summed E-state index contributed by atoms with van der Waals surface area (Å²) in [5.41, 5.74) is -0.521. The van der Waals surface area contributed by atoms with Crippen LogP contribution in [-0.4, -0.2) is 5.97 Å². The molecule has 0 bridgehead atoms. The summed E-state index contributed by atoms with van der Waals surface area (Å²) in [6, 6.07) is 6.30. The van der Waals surface area contributed by atoms with Crippen LogP contribution in [0.1, 0.15) is 77.6 Å². The number of hydrogen-bond acceptors (Lipinski definition) is 4. The van der Waals surface area contributed by atoms with Gasteiger partial charge in [0.15, 0.2) is 11.6 Å². The van der Waals surface area contributed by atoms with Crippen molar-refractivity contribution < 1.29 is 18.3 Å². The van der Waals surface area contributed by atoms with Crippen molar-refractivity contribution in [2.24, 2.45) is 10.2 Å². The van der Waals surface area contributed by atoms with Gasteiger partial charge in [0.1, 0.15) is 17.1 Å². The van der Waals surface area contributed by atoms with Crippen molar-refractivity contribution >= 4 is 40.5 Å². The minimum absolute atomic E-state index is 0.0162. The van der Waals surface area contributed by atoms with E-state index >= 15 is 0 Å². The Morgan fingerprint density at radius 2 is 1.39 bits per heavy atom. The Balaban J connectivity index is 1.78. The number of esters is 1. The van der Waals surface area contributed by atoms with Crippen LogP contribution >= 0.6 is 23.2 Å². The van der Waals surface area contributed by atoms with Gasteiger partial charge in [0.05, 0.1) is 10.0 Å². The summed E-state index contributed by atoms with van der Waals surface area (Å²) in [7, 11) is 0. The van der Waals surface area contributed by atoms with Gasteiger partial charge in [-0.2, -0.15) is 0 Å². The lowest BCUT2D eigenvalue weighted by molar-refractivity contribution is -0.134. The van der Waals surface area contributed by atoms with Gasteiger partial charge in [-0.15, -0.1) is 10.2 Å². The first-order chi connectivity index (χ1) is 15.9. The van der Waals surface area contributed by atoms with E-state index in [9.17, 15) is 13.6 Å². The van der Waals surface area contributed by atoms with Crippen LogP contribution in [0, 0.1) is 11.6 Å². The molecule has 0 aliphatic rings. The van der Waals surface area contributed by atoms with Gasteiger partial charge in [0.2, 0.25) is 0 Å². The van der Waals surface area contributed by atoms with Crippen LogP contribution < -0.4 is 4.74 Å². The average Bonchev–Trinajstić information content (AvgIpc) is 2.76. The molecule has 0 fully saturated rings. The molecule has 33 heavy (non-hydrogen) atoms. The number of halogens is 4. The fraction of sp³-hybridized carbons (Fsp3) is 0.480. The topological polar surface area (TPSA) is 51.0 Å². The second-order valence-electron chi connectivity index (χ2n) is 7.91. The number of nitrogens with zero attached hydrogens (tertiary/aromatic N) is 2. The first-order valence-electron chi connectivity index (χ1n) is 11.5. The van der Waals surface area contributed by atoms with E-state index in [-0.39, 0.29) is 33.6 Å². The molecular weight excluding hydrogens is 469 g/mol. The summed E-state index contributed by atoms with van der Waals surface area (Å²) in [5, 5.41) is 7.26. The maximum Gasteiger partial charge on any atom is 0.311 e. The number of azo groups is 1. The smallest absolute Gasteiger partial charge is 0.311 e. The molecule has 0 radical (unpaired) electrons. The van der Waals surface area contributed by atoms with E-state index < -0.39 is 17.6 Å². The highest BCUT2D eigenvalue weighted by atomic mass is 35.5. The molecule has 2 aromatic rings. The predicted molar refractivity (Wildman–Crippen MR) is 129 cm³/mol. The summed E-state index contributed by atoms with van der Waals surface area (Å²) in [6.45, 7) is 2.21. The Bertz CT molecular complexity index is 895. The molecular formula is C25H30Cl2F2N2O2. The molecule has 0 unspecified atom stereocenters. The SMILES string of the molecule is CCCCCCCCCCCCC(=O)Oc1cc(F)c(/N=N/c2c(F)cccc2Cl)c(Cl)c1. The highest BCUT2D eigenvalue weighted by Gasteiger charge is 2.14. The van der Waals surface area contributed by atoms with Crippen molar-refractivity contribution in [2.45, 2.75) is 77.6 Å². The van der Waals surface area contributed by atoms with Gasteiger partial charge in [-0.05, 0) is 18.6 Å². The molecule has 0 N–H and O–H groups in total. The maximum atomic E-state index is 14.4. The third kappa shape index (κ3) is 9.76. The fourth-order valence-electron chi connectivity index (χ4n) is 3.32. The predicted octanol–water partition coefficient (Wildman–Crippen LogP) is 9.90. The van der Waals surface area contributed by atoms with Gasteiger partial charge >= 0.3 is 5.97 Å². The van der Waals surface area contributed by atoms with Crippen molar-refractivity contribution in [2.75, 3.05) is 0 Å². The van der Waals surface area contributed by atoms with Crippen LogP contribution in [0.3, 0.4) is 0 Å². The van der Waals surface area contributed by atoms with E-state index in [2.05, 4.69) is 17.2 Å². The molecule has 0 spiro atoms. The Morgan fingerprint density at radius 3 is 1.97 bits per heavy atom. The number of benzene rings is 2. The Hall–Kier alpha value is -2.05. The molecule has 0 atom stereocenters. The fourth-order valence-corrected chi connectivity index (χ4v) is 3.76. The zero-order valence-electron chi connectivity index (χ0n) is 18.9. The lowest BCUT2D eigenvalue weighted by Gasteiger charge is -2.07. The van der Waals surface area contributed by atoms with Gasteiger partial charge < -0.3 is 4.74 Å². The second kappa shape index (κ2) is 15.0. The third-order valence-corrected chi connectivity index (χ3v) is 5.74. The van der Waals surface area contributed by atoms with Gasteiger partial charge in [0.25, 0.3) is 0 Å². The van der Waals surface area contributed by atoms with E-state index in [0.717, 1.165) is 31.4 Å². The number of carbonyl (C=O) groups is 1. The van der Waals surface area contributed by atoms with Crippen LogP contribution in [0.15, 0.2) is 40.6 Å². The van der Waals surface area contributed by atoms with Crippen LogP contribution in [0.2, 0.25) is 10.0 Å². The molecule has 0 saturated carbocycles. The molecule has 0 aliphatic carbocycles. The van der Waals surface area contributed by atoms with E-state index in [4.69, 9.17) is 27.9 Å². The second-order valence-corrected chi connectivity index (χ2v) is 8.73. The van der Waals surface area contributed by atoms with Crippen LogP contribution in [-0.2, 0) is 4.79 Å².